The molecule has 13 heavy (non-hydrogen) atoms. The molecule has 0 spiro atoms. The molecular weight excluding hydrogens is 186 g/mol. The highest BCUT2D eigenvalue weighted by Crippen LogP contribution is 2.29. The summed E-state index contributed by atoms with van der Waals surface area (Å²) in [4.78, 5) is 0. The molecule has 0 aliphatic carbocycles. The molecule has 70 valence electrons. The molecule has 0 fully saturated rings. The lowest BCUT2D eigenvalue weighted by molar-refractivity contribution is 0.130. The number of fused-ring (bicyclic) bond motifs is 1. The van der Waals surface area contributed by atoms with Crippen LogP contribution in [-0.4, -0.2) is 6.73 Å². The van der Waals surface area contributed by atoms with Gasteiger partial charge in [0.1, 0.15) is 6.73 Å². The zero-order valence-electron chi connectivity index (χ0n) is 7.56. The van der Waals surface area contributed by atoms with Gasteiger partial charge in [-0.1, -0.05) is 18.5 Å². The van der Waals surface area contributed by atoms with Gasteiger partial charge < -0.3 is 10.1 Å². The van der Waals surface area contributed by atoms with Crippen molar-refractivity contribution < 1.29 is 4.74 Å². The monoisotopic (exact) mass is 197 g/mol. The summed E-state index contributed by atoms with van der Waals surface area (Å²) in [7, 11) is 0. The summed E-state index contributed by atoms with van der Waals surface area (Å²) in [5.74, 6) is 0. The molecule has 1 aromatic carbocycles. The number of halogens is 1. The van der Waals surface area contributed by atoms with Gasteiger partial charge in [0.05, 0.1) is 6.61 Å². The molecule has 0 saturated heterocycles. The number of ether oxygens (including phenoxy) is 1. The minimum absolute atomic E-state index is 0.599. The van der Waals surface area contributed by atoms with Crippen molar-refractivity contribution in [2.75, 3.05) is 12.0 Å². The quantitative estimate of drug-likeness (QED) is 0.748. The van der Waals surface area contributed by atoms with Crippen LogP contribution in [-0.2, 0) is 17.8 Å². The van der Waals surface area contributed by atoms with Gasteiger partial charge >= 0.3 is 0 Å². The number of aryl methyl sites for hydroxylation is 1. The lowest BCUT2D eigenvalue weighted by Crippen LogP contribution is -2.16. The Morgan fingerprint density at radius 1 is 1.54 bits per heavy atom. The van der Waals surface area contributed by atoms with E-state index in [1.807, 2.05) is 12.1 Å². The highest BCUT2D eigenvalue weighted by atomic mass is 35.5. The topological polar surface area (TPSA) is 21.3 Å². The van der Waals surface area contributed by atoms with E-state index in [1.54, 1.807) is 0 Å². The van der Waals surface area contributed by atoms with Crippen LogP contribution < -0.4 is 5.32 Å². The first kappa shape index (κ1) is 8.85. The lowest BCUT2D eigenvalue weighted by atomic mass is 10.0. The largest absolute Gasteiger partial charge is 0.362 e. The summed E-state index contributed by atoms with van der Waals surface area (Å²) < 4.78 is 5.28. The van der Waals surface area contributed by atoms with Crippen LogP contribution in [0, 0.1) is 0 Å². The van der Waals surface area contributed by atoms with E-state index >= 15 is 0 Å². The van der Waals surface area contributed by atoms with Gasteiger partial charge in [0.15, 0.2) is 0 Å². The fourth-order valence-corrected chi connectivity index (χ4v) is 1.89. The predicted octanol–water partition coefficient (Wildman–Crippen LogP) is 2.80. The van der Waals surface area contributed by atoms with E-state index in [4.69, 9.17) is 16.3 Å². The fraction of sp³-hybridized carbons (Fsp3) is 0.400. The highest BCUT2D eigenvalue weighted by Gasteiger charge is 2.12. The third-order valence-electron chi connectivity index (χ3n) is 2.26. The fourth-order valence-electron chi connectivity index (χ4n) is 1.63. The number of benzene rings is 1. The van der Waals surface area contributed by atoms with Gasteiger partial charge in [-0.05, 0) is 24.1 Å². The summed E-state index contributed by atoms with van der Waals surface area (Å²) in [6, 6.07) is 3.97. The maximum atomic E-state index is 5.98. The Hall–Kier alpha value is -0.730. The zero-order valence-corrected chi connectivity index (χ0v) is 8.32. The highest BCUT2D eigenvalue weighted by molar-refractivity contribution is 6.30. The van der Waals surface area contributed by atoms with Crippen molar-refractivity contribution in [3.05, 3.63) is 28.3 Å². The molecule has 1 aliphatic rings. The molecular formula is C10H12ClNO. The Balaban J connectivity index is 2.50. The number of nitrogens with one attached hydrogen (secondary N) is 1. The van der Waals surface area contributed by atoms with Crippen LogP contribution in [0.1, 0.15) is 18.1 Å². The van der Waals surface area contributed by atoms with E-state index in [-0.39, 0.29) is 0 Å². The molecule has 0 saturated carbocycles. The van der Waals surface area contributed by atoms with E-state index in [0.717, 1.165) is 17.0 Å². The molecule has 0 aromatic heterocycles. The van der Waals surface area contributed by atoms with Gasteiger partial charge in [-0.15, -0.1) is 0 Å². The van der Waals surface area contributed by atoms with Crippen LogP contribution in [0.5, 0.6) is 0 Å². The van der Waals surface area contributed by atoms with Crippen LogP contribution >= 0.6 is 11.6 Å². The third-order valence-corrected chi connectivity index (χ3v) is 2.47. The van der Waals surface area contributed by atoms with Crippen molar-refractivity contribution in [3.8, 4) is 0 Å². The molecule has 0 unspecified atom stereocenters. The SMILES string of the molecule is CCc1cc(Cl)cc2c1NCOC2. The first-order chi connectivity index (χ1) is 6.31. The molecule has 0 bridgehead atoms. The zero-order chi connectivity index (χ0) is 9.26. The van der Waals surface area contributed by atoms with E-state index in [0.29, 0.717) is 13.3 Å². The average Bonchev–Trinajstić information content (AvgIpc) is 2.16. The van der Waals surface area contributed by atoms with Crippen molar-refractivity contribution in [2.24, 2.45) is 0 Å². The van der Waals surface area contributed by atoms with Crippen LogP contribution in [0.15, 0.2) is 12.1 Å². The summed E-state index contributed by atoms with van der Waals surface area (Å²) in [5, 5.41) is 4.02. The van der Waals surface area contributed by atoms with Gasteiger partial charge in [0.2, 0.25) is 0 Å². The molecule has 1 aliphatic heterocycles. The van der Waals surface area contributed by atoms with Gasteiger partial charge in [-0.25, -0.2) is 0 Å². The van der Waals surface area contributed by atoms with E-state index in [1.165, 1.54) is 11.3 Å². The van der Waals surface area contributed by atoms with Gasteiger partial charge in [-0.3, -0.25) is 0 Å². The van der Waals surface area contributed by atoms with Crippen LogP contribution in [0.3, 0.4) is 0 Å². The Bertz CT molecular complexity index is 308. The molecule has 2 nitrogen and oxygen atoms in total. The summed E-state index contributed by atoms with van der Waals surface area (Å²) >= 11 is 5.98. The second-order valence-electron chi connectivity index (χ2n) is 3.12. The number of anilines is 1. The minimum atomic E-state index is 0.599. The first-order valence-corrected chi connectivity index (χ1v) is 4.82. The maximum absolute atomic E-state index is 5.98. The number of hydrogen-bond donors (Lipinski definition) is 1. The summed E-state index contributed by atoms with van der Waals surface area (Å²) in [6.45, 7) is 3.39. The summed E-state index contributed by atoms with van der Waals surface area (Å²) in [5.41, 5.74) is 3.64. The second kappa shape index (κ2) is 3.56. The molecule has 0 atom stereocenters. The number of rotatable bonds is 1. The van der Waals surface area contributed by atoms with Crippen molar-refractivity contribution in [1.82, 2.24) is 0 Å². The lowest BCUT2D eigenvalue weighted by Gasteiger charge is -2.21. The Morgan fingerprint density at radius 3 is 3.15 bits per heavy atom. The van der Waals surface area contributed by atoms with Crippen molar-refractivity contribution in [1.29, 1.82) is 0 Å². The first-order valence-electron chi connectivity index (χ1n) is 4.44. The molecule has 1 heterocycles. The standard InChI is InChI=1S/C10H12ClNO/c1-2-7-3-9(11)4-8-5-13-6-12-10(7)8/h3-4,12H,2,5-6H2,1H3. The second-order valence-corrected chi connectivity index (χ2v) is 3.56. The number of hydrogen-bond acceptors (Lipinski definition) is 2. The Labute approximate surface area is 82.9 Å². The van der Waals surface area contributed by atoms with E-state index < -0.39 is 0 Å². The molecule has 3 heteroatoms. The van der Waals surface area contributed by atoms with Crippen molar-refractivity contribution >= 4 is 17.3 Å². The Kier molecular flexibility index (Phi) is 2.42. The minimum Gasteiger partial charge on any atom is -0.362 e. The smallest absolute Gasteiger partial charge is 0.116 e. The van der Waals surface area contributed by atoms with E-state index in [2.05, 4.69) is 12.2 Å². The molecule has 1 N–H and O–H groups in total. The van der Waals surface area contributed by atoms with Gasteiger partial charge in [0, 0.05) is 16.3 Å². The summed E-state index contributed by atoms with van der Waals surface area (Å²) in [6.07, 6.45) is 0.996. The Morgan fingerprint density at radius 2 is 2.38 bits per heavy atom. The third kappa shape index (κ3) is 1.64. The molecule has 2 rings (SSSR count). The van der Waals surface area contributed by atoms with Crippen LogP contribution in [0.25, 0.3) is 0 Å². The van der Waals surface area contributed by atoms with E-state index in [9.17, 15) is 0 Å². The molecule has 1 aromatic rings. The molecule has 0 radical (unpaired) electrons. The van der Waals surface area contributed by atoms with Crippen molar-refractivity contribution in [2.45, 2.75) is 20.0 Å². The predicted molar refractivity (Wildman–Crippen MR) is 54.1 cm³/mol. The van der Waals surface area contributed by atoms with Gasteiger partial charge in [-0.2, -0.15) is 0 Å². The van der Waals surface area contributed by atoms with Crippen LogP contribution in [0.2, 0.25) is 5.02 Å². The van der Waals surface area contributed by atoms with Crippen LogP contribution in [0.4, 0.5) is 5.69 Å². The van der Waals surface area contributed by atoms with Crippen molar-refractivity contribution in [3.63, 3.8) is 0 Å². The average molecular weight is 198 g/mol. The maximum Gasteiger partial charge on any atom is 0.116 e. The normalized spacial score (nSPS) is 14.9. The molecule has 0 amide bonds. The van der Waals surface area contributed by atoms with Gasteiger partial charge in [0.25, 0.3) is 0 Å².